The molecule has 0 spiro atoms. The van der Waals surface area contributed by atoms with Gasteiger partial charge in [0.05, 0.1) is 18.3 Å². The molecule has 9 unspecified atom stereocenters. The summed E-state index contributed by atoms with van der Waals surface area (Å²) in [6.45, 7) is 15.5. The zero-order valence-corrected chi connectivity index (χ0v) is 22.7. The fraction of sp³-hybridized carbons (Fsp3) is 0.833. The van der Waals surface area contributed by atoms with Crippen molar-refractivity contribution in [1.82, 2.24) is 0 Å². The van der Waals surface area contributed by atoms with Crippen molar-refractivity contribution in [2.24, 2.45) is 44.3 Å². The molecule has 5 aliphatic carbocycles. The standard InChI is InChI=1S/C30H46O5/c1-25(2)14-18-17-8-9-20-27(5)12-11-21(31)26(3,4)19(27)10-13-28(20,6)29(17,7)22(32)16-30(18,24(34)35)23(33)15-25/h8-9,19-23,31-33H,10-16H2,1-7H3,(H,34,35). The summed E-state index contributed by atoms with van der Waals surface area (Å²) in [6, 6.07) is 0. The predicted molar refractivity (Wildman–Crippen MR) is 135 cm³/mol. The summed E-state index contributed by atoms with van der Waals surface area (Å²) in [5.74, 6) is -0.402. The summed E-state index contributed by atoms with van der Waals surface area (Å²) >= 11 is 0. The van der Waals surface area contributed by atoms with E-state index in [1.54, 1.807) is 0 Å². The molecule has 5 heteroatoms. The number of aliphatic carboxylic acids is 1. The van der Waals surface area contributed by atoms with Crippen LogP contribution < -0.4 is 0 Å². The van der Waals surface area contributed by atoms with Gasteiger partial charge in [-0.05, 0) is 89.6 Å². The van der Waals surface area contributed by atoms with E-state index in [1.165, 1.54) is 0 Å². The van der Waals surface area contributed by atoms with Gasteiger partial charge in [-0.1, -0.05) is 60.6 Å². The van der Waals surface area contributed by atoms with Gasteiger partial charge >= 0.3 is 5.97 Å². The normalized spacial score (nSPS) is 52.1. The third kappa shape index (κ3) is 2.89. The number of hydrogen-bond acceptors (Lipinski definition) is 4. The SMILES string of the molecule is CC1(C)CC2=C3C=CC4C5(C)CCC(O)C(C)(C)C5CCC4(C)C3(C)C(O)CC2(C(=O)O)C(O)C1. The maximum Gasteiger partial charge on any atom is 0.316 e. The molecule has 4 N–H and O–H groups in total. The van der Waals surface area contributed by atoms with Gasteiger partial charge in [0.1, 0.15) is 5.41 Å². The van der Waals surface area contributed by atoms with Crippen molar-refractivity contribution in [1.29, 1.82) is 0 Å². The molecule has 5 aliphatic rings. The first-order chi connectivity index (χ1) is 16.0. The van der Waals surface area contributed by atoms with Crippen LogP contribution in [0.2, 0.25) is 0 Å². The monoisotopic (exact) mass is 486 g/mol. The lowest BCUT2D eigenvalue weighted by Gasteiger charge is -2.70. The molecule has 5 rings (SSSR count). The molecular weight excluding hydrogens is 440 g/mol. The molecule has 9 atom stereocenters. The van der Waals surface area contributed by atoms with E-state index in [1.807, 2.05) is 0 Å². The largest absolute Gasteiger partial charge is 0.481 e. The van der Waals surface area contributed by atoms with Crippen LogP contribution in [-0.2, 0) is 4.79 Å². The Hall–Kier alpha value is -1.17. The molecule has 0 aromatic carbocycles. The second kappa shape index (κ2) is 7.23. The number of rotatable bonds is 1. The molecule has 0 amide bonds. The predicted octanol–water partition coefficient (Wildman–Crippen LogP) is 5.10. The van der Waals surface area contributed by atoms with Crippen LogP contribution in [0.3, 0.4) is 0 Å². The smallest absolute Gasteiger partial charge is 0.316 e. The van der Waals surface area contributed by atoms with Gasteiger partial charge in [-0.3, -0.25) is 4.79 Å². The van der Waals surface area contributed by atoms with Crippen LogP contribution in [0.15, 0.2) is 23.3 Å². The van der Waals surface area contributed by atoms with Gasteiger partial charge in [0.2, 0.25) is 0 Å². The van der Waals surface area contributed by atoms with Gasteiger partial charge in [-0.25, -0.2) is 0 Å². The van der Waals surface area contributed by atoms with Crippen molar-refractivity contribution < 1.29 is 25.2 Å². The Balaban J connectivity index is 1.73. The van der Waals surface area contributed by atoms with E-state index >= 15 is 0 Å². The van der Waals surface area contributed by atoms with Crippen molar-refractivity contribution in [2.75, 3.05) is 0 Å². The maximum absolute atomic E-state index is 12.8. The first-order valence-electron chi connectivity index (χ1n) is 13.7. The highest BCUT2D eigenvalue weighted by Crippen LogP contribution is 2.74. The summed E-state index contributed by atoms with van der Waals surface area (Å²) in [5.41, 5.74) is -0.837. The number of carboxylic acid groups (broad SMARTS) is 1. The van der Waals surface area contributed by atoms with E-state index in [2.05, 4.69) is 60.6 Å². The average molecular weight is 487 g/mol. The summed E-state index contributed by atoms with van der Waals surface area (Å²) < 4.78 is 0. The summed E-state index contributed by atoms with van der Waals surface area (Å²) in [4.78, 5) is 12.8. The maximum atomic E-state index is 12.8. The summed E-state index contributed by atoms with van der Waals surface area (Å²) in [7, 11) is 0. The topological polar surface area (TPSA) is 98.0 Å². The van der Waals surface area contributed by atoms with E-state index < -0.39 is 29.0 Å². The highest BCUT2D eigenvalue weighted by atomic mass is 16.4. The molecule has 196 valence electrons. The first kappa shape index (κ1) is 25.5. The van der Waals surface area contributed by atoms with Crippen LogP contribution in [0.5, 0.6) is 0 Å². The number of aliphatic hydroxyl groups excluding tert-OH is 3. The Bertz CT molecular complexity index is 1010. The fourth-order valence-corrected chi connectivity index (χ4v) is 10.2. The minimum atomic E-state index is -1.42. The Kier molecular flexibility index (Phi) is 5.26. The lowest BCUT2D eigenvalue weighted by Crippen LogP contribution is -2.67. The van der Waals surface area contributed by atoms with Gasteiger partial charge in [-0.2, -0.15) is 0 Å². The van der Waals surface area contributed by atoms with E-state index in [9.17, 15) is 25.2 Å². The molecule has 0 radical (unpaired) electrons. The molecule has 5 nitrogen and oxygen atoms in total. The molecule has 0 heterocycles. The molecule has 35 heavy (non-hydrogen) atoms. The quantitative estimate of drug-likeness (QED) is 0.414. The highest BCUT2D eigenvalue weighted by molar-refractivity contribution is 5.81. The first-order valence-corrected chi connectivity index (χ1v) is 13.7. The summed E-state index contributed by atoms with van der Waals surface area (Å²) in [5, 5.41) is 44.5. The van der Waals surface area contributed by atoms with Crippen molar-refractivity contribution in [3.63, 3.8) is 0 Å². The third-order valence-corrected chi connectivity index (χ3v) is 12.5. The molecule has 3 fully saturated rings. The molecule has 0 aromatic rings. The van der Waals surface area contributed by atoms with Crippen LogP contribution in [0.4, 0.5) is 0 Å². The van der Waals surface area contributed by atoms with Crippen LogP contribution in [0.1, 0.15) is 93.4 Å². The van der Waals surface area contributed by atoms with Crippen molar-refractivity contribution in [3.8, 4) is 0 Å². The molecule has 0 aliphatic heterocycles. The molecule has 0 bridgehead atoms. The van der Waals surface area contributed by atoms with Crippen molar-refractivity contribution in [3.05, 3.63) is 23.3 Å². The highest BCUT2D eigenvalue weighted by Gasteiger charge is 2.70. The van der Waals surface area contributed by atoms with Crippen LogP contribution >= 0.6 is 0 Å². The van der Waals surface area contributed by atoms with E-state index in [-0.39, 0.29) is 40.1 Å². The van der Waals surface area contributed by atoms with Gasteiger partial charge in [0.25, 0.3) is 0 Å². The summed E-state index contributed by atoms with van der Waals surface area (Å²) in [6.07, 6.45) is 7.06. The van der Waals surface area contributed by atoms with E-state index in [4.69, 9.17) is 0 Å². The van der Waals surface area contributed by atoms with Gasteiger partial charge in [0, 0.05) is 5.41 Å². The van der Waals surface area contributed by atoms with Gasteiger partial charge in [0.15, 0.2) is 0 Å². The zero-order valence-electron chi connectivity index (χ0n) is 22.7. The molecule has 3 saturated carbocycles. The Labute approximate surface area is 210 Å². The minimum absolute atomic E-state index is 0.00214. The average Bonchev–Trinajstić information content (AvgIpc) is 2.72. The fourth-order valence-electron chi connectivity index (χ4n) is 10.2. The van der Waals surface area contributed by atoms with E-state index in [0.717, 1.165) is 36.8 Å². The Morgan fingerprint density at radius 3 is 2.17 bits per heavy atom. The number of carbonyl (C=O) groups is 1. The van der Waals surface area contributed by atoms with Crippen LogP contribution in [0, 0.1) is 44.3 Å². The minimum Gasteiger partial charge on any atom is -0.481 e. The zero-order chi connectivity index (χ0) is 26.0. The second-order valence-corrected chi connectivity index (χ2v) is 14.9. The second-order valence-electron chi connectivity index (χ2n) is 14.9. The van der Waals surface area contributed by atoms with Crippen LogP contribution in [0.25, 0.3) is 0 Å². The number of hydrogen-bond donors (Lipinski definition) is 4. The lowest BCUT2D eigenvalue weighted by molar-refractivity contribution is -0.204. The Morgan fingerprint density at radius 2 is 1.54 bits per heavy atom. The number of allylic oxidation sites excluding steroid dienone is 2. The van der Waals surface area contributed by atoms with Gasteiger partial charge < -0.3 is 20.4 Å². The van der Waals surface area contributed by atoms with Crippen LogP contribution in [-0.4, -0.2) is 44.7 Å². The number of fused-ring (bicyclic) bond motifs is 6. The lowest BCUT2D eigenvalue weighted by atomic mass is 9.34. The third-order valence-electron chi connectivity index (χ3n) is 12.5. The van der Waals surface area contributed by atoms with Gasteiger partial charge in [-0.15, -0.1) is 0 Å². The molecule has 0 saturated heterocycles. The number of carboxylic acids is 1. The van der Waals surface area contributed by atoms with Crippen molar-refractivity contribution >= 4 is 5.97 Å². The number of aliphatic hydroxyl groups is 3. The Morgan fingerprint density at radius 1 is 0.886 bits per heavy atom. The van der Waals surface area contributed by atoms with E-state index in [0.29, 0.717) is 18.8 Å². The van der Waals surface area contributed by atoms with Crippen molar-refractivity contribution in [2.45, 2.75) is 112 Å². The molecule has 0 aromatic heterocycles. The molecular formula is C30H46O5.